The molecule has 0 bridgehead atoms. The summed E-state index contributed by atoms with van der Waals surface area (Å²) in [5, 5.41) is 0. The zero-order chi connectivity index (χ0) is 16.3. The first-order valence-electron chi connectivity index (χ1n) is 7.60. The van der Waals surface area contributed by atoms with Crippen LogP contribution in [0.2, 0.25) is 0 Å². The summed E-state index contributed by atoms with van der Waals surface area (Å²) in [5.41, 5.74) is 2.35. The van der Waals surface area contributed by atoms with Crippen molar-refractivity contribution in [1.82, 2.24) is 4.90 Å². The number of hydrogen-bond donors (Lipinski definition) is 0. The van der Waals surface area contributed by atoms with Gasteiger partial charge in [-0.15, -0.1) is 0 Å². The van der Waals surface area contributed by atoms with Gasteiger partial charge in [0.05, 0.1) is 16.9 Å². The van der Waals surface area contributed by atoms with Gasteiger partial charge in [-0.2, -0.15) is 0 Å². The molecule has 0 N–H and O–H groups in total. The molecule has 3 rings (SSSR count). The number of urea groups is 1. The summed E-state index contributed by atoms with van der Waals surface area (Å²) in [6.07, 6.45) is 0. The van der Waals surface area contributed by atoms with Gasteiger partial charge in [-0.1, -0.05) is 12.1 Å². The molecule has 1 aromatic rings. The van der Waals surface area contributed by atoms with E-state index in [1.165, 1.54) is 0 Å². The third-order valence-electron chi connectivity index (χ3n) is 5.01. The molecule has 118 valence electrons. The maximum Gasteiger partial charge on any atom is 0.494 e. The second-order valence-corrected chi connectivity index (χ2v) is 7.17. The smallest absolute Gasteiger partial charge is 0.399 e. The van der Waals surface area contributed by atoms with E-state index in [2.05, 4.69) is 6.07 Å². The van der Waals surface area contributed by atoms with Gasteiger partial charge >= 0.3 is 13.1 Å². The van der Waals surface area contributed by atoms with E-state index < -0.39 is 0 Å². The molecule has 0 unspecified atom stereocenters. The third kappa shape index (κ3) is 2.21. The molecule has 2 aliphatic rings. The molecule has 22 heavy (non-hydrogen) atoms. The highest BCUT2D eigenvalue weighted by Crippen LogP contribution is 2.37. The Hall–Kier alpha value is -1.53. The van der Waals surface area contributed by atoms with Crippen LogP contribution in [0.25, 0.3) is 0 Å². The van der Waals surface area contributed by atoms with Crippen molar-refractivity contribution in [1.29, 1.82) is 0 Å². The summed E-state index contributed by atoms with van der Waals surface area (Å²) in [5.74, 6) is 0. The topological polar surface area (TPSA) is 42.0 Å². The fourth-order valence-electron chi connectivity index (χ4n) is 2.87. The Morgan fingerprint density at radius 1 is 1.09 bits per heavy atom. The molecule has 2 heterocycles. The van der Waals surface area contributed by atoms with E-state index in [0.717, 1.165) is 16.7 Å². The van der Waals surface area contributed by atoms with Crippen LogP contribution in [-0.2, 0) is 15.9 Å². The van der Waals surface area contributed by atoms with Crippen LogP contribution in [0.4, 0.5) is 10.5 Å². The number of rotatable bonds is 1. The summed E-state index contributed by atoms with van der Waals surface area (Å²) < 4.78 is 12.2. The standard InChI is InChI=1S/C16H23BN2O3/c1-15(2)16(3,4)22-17(21-15)12-7-8-13-11(9-12)10-18(5)14(20)19(13)6/h7-9H,10H2,1-6H3. The summed E-state index contributed by atoms with van der Waals surface area (Å²) in [6.45, 7) is 8.79. The molecule has 2 amide bonds. The van der Waals surface area contributed by atoms with Gasteiger partial charge in [-0.3, -0.25) is 4.90 Å². The van der Waals surface area contributed by atoms with Gasteiger partial charge in [0.1, 0.15) is 0 Å². The zero-order valence-corrected chi connectivity index (χ0v) is 14.1. The number of anilines is 1. The predicted octanol–water partition coefficient (Wildman–Crippen LogP) is 1.99. The molecular weight excluding hydrogens is 279 g/mol. The van der Waals surface area contributed by atoms with Crippen molar-refractivity contribution in [2.45, 2.75) is 45.4 Å². The van der Waals surface area contributed by atoms with E-state index in [4.69, 9.17) is 9.31 Å². The molecule has 6 heteroatoms. The Morgan fingerprint density at radius 2 is 1.68 bits per heavy atom. The number of amides is 2. The van der Waals surface area contributed by atoms with Crippen LogP contribution < -0.4 is 10.4 Å². The lowest BCUT2D eigenvalue weighted by molar-refractivity contribution is 0.00578. The van der Waals surface area contributed by atoms with Crippen molar-refractivity contribution in [2.24, 2.45) is 0 Å². The minimum atomic E-state index is -0.372. The predicted molar refractivity (Wildman–Crippen MR) is 87.4 cm³/mol. The highest BCUT2D eigenvalue weighted by atomic mass is 16.7. The molecule has 5 nitrogen and oxygen atoms in total. The molecule has 2 aliphatic heterocycles. The maximum absolute atomic E-state index is 12.0. The lowest BCUT2D eigenvalue weighted by Crippen LogP contribution is -2.44. The van der Waals surface area contributed by atoms with Gasteiger partial charge in [0.15, 0.2) is 0 Å². The van der Waals surface area contributed by atoms with Crippen LogP contribution in [0, 0.1) is 0 Å². The van der Waals surface area contributed by atoms with Gasteiger partial charge in [0.2, 0.25) is 0 Å². The fraction of sp³-hybridized carbons (Fsp3) is 0.562. The van der Waals surface area contributed by atoms with Gasteiger partial charge in [-0.05, 0) is 44.8 Å². The first kappa shape index (κ1) is 15.4. The Kier molecular flexibility index (Phi) is 3.31. The summed E-state index contributed by atoms with van der Waals surface area (Å²) in [6, 6.07) is 6.05. The van der Waals surface area contributed by atoms with Crippen LogP contribution in [0.3, 0.4) is 0 Å². The van der Waals surface area contributed by atoms with Crippen molar-refractivity contribution in [3.8, 4) is 0 Å². The number of carbonyl (C=O) groups is 1. The highest BCUT2D eigenvalue weighted by molar-refractivity contribution is 6.62. The molecule has 0 aromatic heterocycles. The number of hydrogen-bond acceptors (Lipinski definition) is 3. The second kappa shape index (κ2) is 4.73. The van der Waals surface area contributed by atoms with Crippen molar-refractivity contribution >= 4 is 24.3 Å². The lowest BCUT2D eigenvalue weighted by Gasteiger charge is -2.33. The molecule has 0 spiro atoms. The van der Waals surface area contributed by atoms with Crippen molar-refractivity contribution in [3.63, 3.8) is 0 Å². The molecule has 0 atom stereocenters. The maximum atomic E-state index is 12.0. The molecule has 0 aliphatic carbocycles. The van der Waals surface area contributed by atoms with Crippen LogP contribution in [0.5, 0.6) is 0 Å². The Bertz CT molecular complexity index is 614. The Balaban J connectivity index is 1.93. The Morgan fingerprint density at radius 3 is 2.27 bits per heavy atom. The van der Waals surface area contributed by atoms with Crippen molar-refractivity contribution in [2.75, 3.05) is 19.0 Å². The monoisotopic (exact) mass is 302 g/mol. The average molecular weight is 302 g/mol. The molecular formula is C16H23BN2O3. The van der Waals surface area contributed by atoms with Crippen molar-refractivity contribution in [3.05, 3.63) is 23.8 Å². The van der Waals surface area contributed by atoms with Gasteiger partial charge in [-0.25, -0.2) is 4.79 Å². The summed E-state index contributed by atoms with van der Waals surface area (Å²) >= 11 is 0. The molecule has 1 fully saturated rings. The number of carbonyl (C=O) groups excluding carboxylic acids is 1. The number of nitrogens with zero attached hydrogens (tertiary/aromatic N) is 2. The van der Waals surface area contributed by atoms with E-state index in [-0.39, 0.29) is 24.4 Å². The summed E-state index contributed by atoms with van der Waals surface area (Å²) in [7, 11) is 3.23. The van der Waals surface area contributed by atoms with Crippen LogP contribution >= 0.6 is 0 Å². The highest BCUT2D eigenvalue weighted by Gasteiger charge is 2.51. The lowest BCUT2D eigenvalue weighted by atomic mass is 9.78. The van der Waals surface area contributed by atoms with E-state index in [9.17, 15) is 4.79 Å². The molecule has 1 saturated heterocycles. The quantitative estimate of drug-likeness (QED) is 0.745. The first-order chi connectivity index (χ1) is 10.1. The Labute approximate surface area is 132 Å². The van der Waals surface area contributed by atoms with Gasteiger partial charge < -0.3 is 14.2 Å². The van der Waals surface area contributed by atoms with E-state index in [1.807, 2.05) is 46.9 Å². The van der Waals surface area contributed by atoms with E-state index >= 15 is 0 Å². The van der Waals surface area contributed by atoms with Gasteiger partial charge in [0, 0.05) is 20.6 Å². The second-order valence-electron chi connectivity index (χ2n) is 7.17. The van der Waals surface area contributed by atoms with Crippen molar-refractivity contribution < 1.29 is 14.1 Å². The number of fused-ring (bicyclic) bond motifs is 1. The van der Waals surface area contributed by atoms with Crippen LogP contribution in [0.15, 0.2) is 18.2 Å². The SMILES string of the molecule is CN1Cc2cc(B3OC(C)(C)C(C)(C)O3)ccc2N(C)C1=O. The first-order valence-corrected chi connectivity index (χ1v) is 7.60. The molecule has 1 aromatic carbocycles. The van der Waals surface area contributed by atoms with E-state index in [1.54, 1.807) is 16.8 Å². The van der Waals surface area contributed by atoms with Crippen LogP contribution in [-0.4, -0.2) is 43.3 Å². The fourth-order valence-corrected chi connectivity index (χ4v) is 2.87. The van der Waals surface area contributed by atoms with Crippen LogP contribution in [0.1, 0.15) is 33.3 Å². The van der Waals surface area contributed by atoms with Gasteiger partial charge in [0.25, 0.3) is 0 Å². The minimum Gasteiger partial charge on any atom is -0.399 e. The molecule has 0 saturated carbocycles. The minimum absolute atomic E-state index is 0.0101. The number of benzene rings is 1. The zero-order valence-electron chi connectivity index (χ0n) is 14.1. The summed E-state index contributed by atoms with van der Waals surface area (Å²) in [4.78, 5) is 15.4. The van der Waals surface area contributed by atoms with E-state index in [0.29, 0.717) is 6.54 Å². The normalized spacial score (nSPS) is 23.0. The largest absolute Gasteiger partial charge is 0.494 e. The average Bonchev–Trinajstić information content (AvgIpc) is 2.64. The molecule has 0 radical (unpaired) electrons. The third-order valence-corrected chi connectivity index (χ3v) is 5.01.